The minimum Gasteiger partial charge on any atom is -0.370 e. The number of nitrogens with zero attached hydrogens (tertiary/aromatic N) is 2. The van der Waals surface area contributed by atoms with Gasteiger partial charge in [0.2, 0.25) is 0 Å². The molecule has 5 heteroatoms. The van der Waals surface area contributed by atoms with Crippen LogP contribution in [-0.2, 0) is 6.42 Å². The van der Waals surface area contributed by atoms with Gasteiger partial charge in [0, 0.05) is 30.6 Å². The summed E-state index contributed by atoms with van der Waals surface area (Å²) in [5, 5.41) is 9.88. The number of aryl methyl sites for hydroxylation is 1. The van der Waals surface area contributed by atoms with Crippen molar-refractivity contribution >= 4 is 23.0 Å². The Kier molecular flexibility index (Phi) is 5.15. The first-order valence-electron chi connectivity index (χ1n) is 6.63. The van der Waals surface area contributed by atoms with Gasteiger partial charge in [-0.25, -0.2) is 9.97 Å². The van der Waals surface area contributed by atoms with Gasteiger partial charge in [-0.3, -0.25) is 0 Å². The minimum atomic E-state index is 0.858. The van der Waals surface area contributed by atoms with Crippen molar-refractivity contribution in [2.45, 2.75) is 26.7 Å². The van der Waals surface area contributed by atoms with Crippen LogP contribution in [0.1, 0.15) is 24.0 Å². The molecule has 0 aliphatic carbocycles. The highest BCUT2D eigenvalue weighted by Gasteiger charge is 2.00. The number of anilines is 2. The highest BCUT2D eigenvalue weighted by atomic mass is 32.1. The van der Waals surface area contributed by atoms with Crippen LogP contribution in [0.2, 0.25) is 0 Å². The molecule has 0 aliphatic rings. The van der Waals surface area contributed by atoms with E-state index in [0.29, 0.717) is 0 Å². The number of thiazole rings is 1. The first-order valence-corrected chi connectivity index (χ1v) is 7.51. The topological polar surface area (TPSA) is 49.8 Å². The summed E-state index contributed by atoms with van der Waals surface area (Å²) in [4.78, 5) is 8.95. The Morgan fingerprint density at radius 1 is 1.11 bits per heavy atom. The Morgan fingerprint density at radius 2 is 1.84 bits per heavy atom. The Morgan fingerprint density at radius 3 is 2.47 bits per heavy atom. The van der Waals surface area contributed by atoms with Crippen LogP contribution in [-0.4, -0.2) is 23.1 Å². The largest absolute Gasteiger partial charge is 0.370 e. The molecule has 0 saturated carbocycles. The van der Waals surface area contributed by atoms with Crippen molar-refractivity contribution < 1.29 is 0 Å². The first-order chi connectivity index (χ1) is 9.28. The van der Waals surface area contributed by atoms with Crippen molar-refractivity contribution in [3.05, 3.63) is 34.3 Å². The van der Waals surface area contributed by atoms with Crippen molar-refractivity contribution in [1.29, 1.82) is 0 Å². The summed E-state index contributed by atoms with van der Waals surface area (Å²) in [6.07, 6.45) is 2.04. The zero-order valence-corrected chi connectivity index (χ0v) is 12.3. The molecule has 0 fully saturated rings. The predicted octanol–water partition coefficient (Wildman–Crippen LogP) is 3.32. The van der Waals surface area contributed by atoms with Gasteiger partial charge in [-0.05, 0) is 25.5 Å². The Bertz CT molecular complexity index is 510. The molecule has 0 aromatic carbocycles. The monoisotopic (exact) mass is 276 g/mol. The maximum Gasteiger partial charge on any atom is 0.128 e. The number of hydrogen-bond donors (Lipinski definition) is 2. The van der Waals surface area contributed by atoms with Crippen molar-refractivity contribution in [1.82, 2.24) is 9.97 Å². The quantitative estimate of drug-likeness (QED) is 0.814. The first kappa shape index (κ1) is 13.8. The summed E-state index contributed by atoms with van der Waals surface area (Å²) in [5.41, 5.74) is 1.10. The van der Waals surface area contributed by atoms with Gasteiger partial charge < -0.3 is 10.6 Å². The van der Waals surface area contributed by atoms with E-state index in [1.165, 1.54) is 5.01 Å². The Labute approximate surface area is 118 Å². The third-order valence-electron chi connectivity index (χ3n) is 2.62. The molecule has 0 spiro atoms. The molecule has 0 unspecified atom stereocenters. The molecule has 0 aliphatic heterocycles. The summed E-state index contributed by atoms with van der Waals surface area (Å²) in [6.45, 7) is 5.98. The molecule has 2 rings (SSSR count). The second kappa shape index (κ2) is 7.09. The van der Waals surface area contributed by atoms with Gasteiger partial charge in [-0.15, -0.1) is 11.3 Å². The van der Waals surface area contributed by atoms with Gasteiger partial charge in [0.05, 0.1) is 5.01 Å². The fraction of sp³-hybridized carbons (Fsp3) is 0.429. The van der Waals surface area contributed by atoms with Crippen molar-refractivity contribution in [3.8, 4) is 0 Å². The van der Waals surface area contributed by atoms with E-state index in [1.807, 2.05) is 25.1 Å². The van der Waals surface area contributed by atoms with Gasteiger partial charge >= 0.3 is 0 Å². The summed E-state index contributed by atoms with van der Waals surface area (Å²) >= 11 is 1.72. The van der Waals surface area contributed by atoms with E-state index >= 15 is 0 Å². The third-order valence-corrected chi connectivity index (χ3v) is 3.64. The smallest absolute Gasteiger partial charge is 0.128 e. The number of nitrogens with one attached hydrogen (secondary N) is 2. The molecular formula is C14H20N4S. The van der Waals surface area contributed by atoms with Gasteiger partial charge in [0.25, 0.3) is 0 Å². The third kappa shape index (κ3) is 4.52. The van der Waals surface area contributed by atoms with E-state index in [9.17, 15) is 0 Å². The molecule has 2 aromatic rings. The Hall–Kier alpha value is -1.62. The maximum absolute atomic E-state index is 4.51. The molecule has 2 aromatic heterocycles. The van der Waals surface area contributed by atoms with Crippen LogP contribution in [0.5, 0.6) is 0 Å². The SMILES string of the molecule is CCCNc1cccc(NCCc2nc(C)cs2)n1. The molecule has 2 N–H and O–H groups in total. The van der Waals surface area contributed by atoms with E-state index < -0.39 is 0 Å². The number of aromatic nitrogens is 2. The van der Waals surface area contributed by atoms with Crippen LogP contribution in [0.4, 0.5) is 11.6 Å². The number of hydrogen-bond acceptors (Lipinski definition) is 5. The lowest BCUT2D eigenvalue weighted by Gasteiger charge is -2.07. The van der Waals surface area contributed by atoms with Crippen LogP contribution in [0.15, 0.2) is 23.6 Å². The molecule has 0 atom stereocenters. The highest BCUT2D eigenvalue weighted by Crippen LogP contribution is 2.11. The van der Waals surface area contributed by atoms with Crippen LogP contribution in [0.3, 0.4) is 0 Å². The van der Waals surface area contributed by atoms with Crippen LogP contribution < -0.4 is 10.6 Å². The summed E-state index contributed by atoms with van der Waals surface area (Å²) in [7, 11) is 0. The average molecular weight is 276 g/mol. The zero-order chi connectivity index (χ0) is 13.5. The van der Waals surface area contributed by atoms with Crippen LogP contribution in [0.25, 0.3) is 0 Å². The predicted molar refractivity (Wildman–Crippen MR) is 82.1 cm³/mol. The van der Waals surface area contributed by atoms with E-state index in [4.69, 9.17) is 0 Å². The summed E-state index contributed by atoms with van der Waals surface area (Å²) < 4.78 is 0. The molecule has 2 heterocycles. The second-order valence-electron chi connectivity index (χ2n) is 4.39. The fourth-order valence-corrected chi connectivity index (χ4v) is 2.48. The molecule has 0 saturated heterocycles. The minimum absolute atomic E-state index is 0.858. The molecule has 0 radical (unpaired) electrons. The van der Waals surface area contributed by atoms with E-state index in [1.54, 1.807) is 11.3 Å². The molecule has 19 heavy (non-hydrogen) atoms. The van der Waals surface area contributed by atoms with Crippen LogP contribution in [0, 0.1) is 6.92 Å². The van der Waals surface area contributed by atoms with Crippen molar-refractivity contribution in [3.63, 3.8) is 0 Å². The highest BCUT2D eigenvalue weighted by molar-refractivity contribution is 7.09. The molecule has 4 nitrogen and oxygen atoms in total. The zero-order valence-electron chi connectivity index (χ0n) is 11.4. The average Bonchev–Trinajstić information content (AvgIpc) is 2.83. The number of rotatable bonds is 7. The van der Waals surface area contributed by atoms with Gasteiger partial charge in [-0.2, -0.15) is 0 Å². The molecule has 102 valence electrons. The van der Waals surface area contributed by atoms with E-state index in [2.05, 4.69) is 32.9 Å². The molecule has 0 amide bonds. The maximum atomic E-state index is 4.51. The fourth-order valence-electron chi connectivity index (χ4n) is 1.70. The standard InChI is InChI=1S/C14H20N4S/c1-3-8-15-12-5-4-6-13(18-12)16-9-7-14-17-11(2)10-19-14/h4-6,10H,3,7-9H2,1-2H3,(H2,15,16,18). The lowest BCUT2D eigenvalue weighted by molar-refractivity contribution is 0.960. The molecular weight excluding hydrogens is 256 g/mol. The lowest BCUT2D eigenvalue weighted by atomic mass is 10.4. The summed E-state index contributed by atoms with van der Waals surface area (Å²) in [5.74, 6) is 1.84. The van der Waals surface area contributed by atoms with E-state index in [-0.39, 0.29) is 0 Å². The molecule has 0 bridgehead atoms. The van der Waals surface area contributed by atoms with Crippen molar-refractivity contribution in [2.24, 2.45) is 0 Å². The number of pyridine rings is 1. The summed E-state index contributed by atoms with van der Waals surface area (Å²) in [6, 6.07) is 6.00. The van der Waals surface area contributed by atoms with Gasteiger partial charge in [0.1, 0.15) is 11.6 Å². The second-order valence-corrected chi connectivity index (χ2v) is 5.34. The van der Waals surface area contributed by atoms with Crippen molar-refractivity contribution in [2.75, 3.05) is 23.7 Å². The van der Waals surface area contributed by atoms with E-state index in [0.717, 1.165) is 43.3 Å². The Balaban J connectivity index is 1.82. The van der Waals surface area contributed by atoms with Crippen LogP contribution >= 0.6 is 11.3 Å². The van der Waals surface area contributed by atoms with Gasteiger partial charge in [0.15, 0.2) is 0 Å². The lowest BCUT2D eigenvalue weighted by Crippen LogP contribution is -2.08. The normalized spacial score (nSPS) is 10.4. The van der Waals surface area contributed by atoms with Gasteiger partial charge in [-0.1, -0.05) is 13.0 Å².